The number of aliphatic hydroxyl groups excluding tert-OH is 1. The maximum Gasteiger partial charge on any atom is 0.245 e. The van der Waals surface area contributed by atoms with E-state index in [1.807, 2.05) is 72.1 Å². The standard InChI is InChI=1S/C41H65N3O11/c1-23-18-41(48)36(54-39-34(55-41)30(42(7)8)16-24(2)51-39)25(3)33(53-32-19-40(6,49-10)35(45)27(5)52-32)26(4)37(46)44-21-29(17-31(44)38(47)43(9)20-23)50-22-28-14-12-11-13-15-28/h11-15,23-27,29-36,39,45,48H,16-22H2,1-10H3/t23-,24-,25+,26-,27+,29+,30+,31?,32+,33+,34-,35+,36-,39+,40-,41+/m1/s1. The maximum absolute atomic E-state index is 14.9. The average molecular weight is 776 g/mol. The minimum absolute atomic E-state index is 0.0924. The Hall–Kier alpha value is -2.24. The van der Waals surface area contributed by atoms with Gasteiger partial charge in [-0.2, -0.15) is 0 Å². The summed E-state index contributed by atoms with van der Waals surface area (Å²) in [6, 6.07) is 8.99. The lowest BCUT2D eigenvalue weighted by atomic mass is 9.80. The van der Waals surface area contributed by atoms with Crippen LogP contribution in [-0.4, -0.2) is 157 Å². The van der Waals surface area contributed by atoms with Crippen LogP contribution in [0.25, 0.3) is 0 Å². The molecule has 14 heteroatoms. The lowest BCUT2D eigenvalue weighted by Gasteiger charge is -2.55. The van der Waals surface area contributed by atoms with Gasteiger partial charge in [-0.15, -0.1) is 0 Å². The molecule has 0 saturated carbocycles. The summed E-state index contributed by atoms with van der Waals surface area (Å²) in [5.41, 5.74) is 0.0234. The van der Waals surface area contributed by atoms with E-state index >= 15 is 0 Å². The fourth-order valence-electron chi connectivity index (χ4n) is 9.62. The topological polar surface area (TPSA) is 149 Å². The number of hydrogen-bond acceptors (Lipinski definition) is 12. The highest BCUT2D eigenvalue weighted by Crippen LogP contribution is 2.45. The number of fused-ring (bicyclic) bond motifs is 3. The average Bonchev–Trinajstić information content (AvgIpc) is 3.57. The molecule has 14 nitrogen and oxygen atoms in total. The monoisotopic (exact) mass is 775 g/mol. The highest BCUT2D eigenvalue weighted by molar-refractivity contribution is 5.89. The molecule has 0 aliphatic carbocycles. The Morgan fingerprint density at radius 2 is 1.67 bits per heavy atom. The van der Waals surface area contributed by atoms with Crippen LogP contribution in [0.4, 0.5) is 0 Å². The zero-order valence-corrected chi connectivity index (χ0v) is 34.3. The molecule has 0 bridgehead atoms. The van der Waals surface area contributed by atoms with Crippen molar-refractivity contribution in [2.45, 2.75) is 153 Å². The Balaban J connectivity index is 1.37. The van der Waals surface area contributed by atoms with E-state index in [0.29, 0.717) is 26.0 Å². The first-order valence-corrected chi connectivity index (χ1v) is 20.1. The molecule has 55 heavy (non-hydrogen) atoms. The zero-order chi connectivity index (χ0) is 40.0. The van der Waals surface area contributed by atoms with E-state index in [2.05, 4.69) is 4.90 Å². The Labute approximate surface area is 326 Å². The van der Waals surface area contributed by atoms with Crippen molar-refractivity contribution < 1.29 is 53.0 Å². The van der Waals surface area contributed by atoms with Crippen molar-refractivity contribution in [2.75, 3.05) is 41.3 Å². The van der Waals surface area contributed by atoms with Gasteiger partial charge in [0.1, 0.15) is 24.4 Å². The number of ether oxygens (including phenoxy) is 7. The van der Waals surface area contributed by atoms with E-state index in [0.717, 1.165) is 5.56 Å². The van der Waals surface area contributed by atoms with E-state index in [9.17, 15) is 19.8 Å². The summed E-state index contributed by atoms with van der Waals surface area (Å²) in [7, 11) is 7.24. The van der Waals surface area contributed by atoms with Crippen LogP contribution in [0.15, 0.2) is 30.3 Å². The molecule has 1 unspecified atom stereocenters. The number of methoxy groups -OCH3 is 1. The molecule has 5 fully saturated rings. The number of benzene rings is 1. The number of rotatable bonds is 7. The van der Waals surface area contributed by atoms with E-state index in [1.165, 1.54) is 0 Å². The lowest BCUT2D eigenvalue weighted by molar-refractivity contribution is -0.426. The van der Waals surface area contributed by atoms with Crippen LogP contribution in [0.2, 0.25) is 0 Å². The Morgan fingerprint density at radius 1 is 0.964 bits per heavy atom. The Bertz CT molecular complexity index is 1470. The molecule has 5 aliphatic heterocycles. The molecule has 1 aromatic rings. The van der Waals surface area contributed by atoms with Crippen LogP contribution in [0.1, 0.15) is 72.8 Å². The third-order valence-corrected chi connectivity index (χ3v) is 12.7. The van der Waals surface area contributed by atoms with Crippen LogP contribution >= 0.6 is 0 Å². The zero-order valence-electron chi connectivity index (χ0n) is 34.3. The molecule has 16 atom stereocenters. The third kappa shape index (κ3) is 8.79. The fourth-order valence-corrected chi connectivity index (χ4v) is 9.62. The predicted octanol–water partition coefficient (Wildman–Crippen LogP) is 2.77. The van der Waals surface area contributed by atoms with Gasteiger partial charge in [-0.3, -0.25) is 9.59 Å². The first kappa shape index (κ1) is 42.4. The van der Waals surface area contributed by atoms with Gasteiger partial charge in [0, 0.05) is 58.5 Å². The van der Waals surface area contributed by atoms with Crippen molar-refractivity contribution in [1.82, 2.24) is 14.7 Å². The summed E-state index contributed by atoms with van der Waals surface area (Å²) in [5.74, 6) is -4.03. The second-order valence-electron chi connectivity index (χ2n) is 17.4. The van der Waals surface area contributed by atoms with Crippen LogP contribution in [0.5, 0.6) is 0 Å². The fraction of sp³-hybridized carbons (Fsp3) is 0.805. The third-order valence-electron chi connectivity index (χ3n) is 12.7. The van der Waals surface area contributed by atoms with Crippen molar-refractivity contribution in [3.8, 4) is 0 Å². The summed E-state index contributed by atoms with van der Waals surface area (Å²) >= 11 is 0. The van der Waals surface area contributed by atoms with Gasteiger partial charge < -0.3 is 58.1 Å². The van der Waals surface area contributed by atoms with E-state index in [1.54, 1.807) is 37.8 Å². The number of amides is 2. The van der Waals surface area contributed by atoms with Crippen molar-refractivity contribution in [3.63, 3.8) is 0 Å². The number of carbonyl (C=O) groups excluding carboxylic acids is 2. The molecular formula is C41H65N3O11. The maximum atomic E-state index is 14.9. The molecule has 0 spiro atoms. The van der Waals surface area contributed by atoms with Gasteiger partial charge in [-0.05, 0) is 52.8 Å². The molecule has 0 aromatic heterocycles. The van der Waals surface area contributed by atoms with Gasteiger partial charge in [-0.25, -0.2) is 0 Å². The Kier molecular flexibility index (Phi) is 13.0. The lowest BCUT2D eigenvalue weighted by Crippen LogP contribution is -2.68. The van der Waals surface area contributed by atoms with Crippen molar-refractivity contribution >= 4 is 11.8 Å². The summed E-state index contributed by atoms with van der Waals surface area (Å²) in [5, 5.41) is 23.8. The second-order valence-corrected chi connectivity index (χ2v) is 17.4. The quantitative estimate of drug-likeness (QED) is 0.420. The first-order valence-electron chi connectivity index (χ1n) is 20.1. The van der Waals surface area contributed by atoms with Crippen LogP contribution in [0, 0.1) is 17.8 Å². The summed E-state index contributed by atoms with van der Waals surface area (Å²) < 4.78 is 45.2. The normalized spacial score (nSPS) is 44.6. The van der Waals surface area contributed by atoms with Crippen molar-refractivity contribution in [1.29, 1.82) is 0 Å². The van der Waals surface area contributed by atoms with Gasteiger partial charge in [0.2, 0.25) is 11.8 Å². The minimum atomic E-state index is -1.83. The largest absolute Gasteiger partial charge is 0.387 e. The van der Waals surface area contributed by atoms with Crippen LogP contribution in [0.3, 0.4) is 0 Å². The molecule has 5 aliphatic rings. The number of hydrogen-bond donors (Lipinski definition) is 2. The summed E-state index contributed by atoms with van der Waals surface area (Å²) in [6.07, 6.45) is -4.82. The van der Waals surface area contributed by atoms with Crippen molar-refractivity contribution in [2.24, 2.45) is 17.8 Å². The van der Waals surface area contributed by atoms with E-state index < -0.39 is 72.4 Å². The smallest absolute Gasteiger partial charge is 0.245 e. The summed E-state index contributed by atoms with van der Waals surface area (Å²) in [6.45, 7) is 12.1. The highest BCUT2D eigenvalue weighted by Gasteiger charge is 2.59. The number of aliphatic hydroxyl groups is 2. The van der Waals surface area contributed by atoms with Crippen molar-refractivity contribution in [3.05, 3.63) is 35.9 Å². The molecule has 0 radical (unpaired) electrons. The molecule has 2 amide bonds. The first-order chi connectivity index (χ1) is 25.9. The predicted molar refractivity (Wildman–Crippen MR) is 201 cm³/mol. The molecule has 310 valence electrons. The van der Waals surface area contributed by atoms with Gasteiger partial charge in [0.15, 0.2) is 18.4 Å². The molecule has 5 heterocycles. The molecule has 1 aromatic carbocycles. The van der Waals surface area contributed by atoms with Gasteiger partial charge in [0.25, 0.3) is 0 Å². The molecule has 6 rings (SSSR count). The second kappa shape index (κ2) is 16.9. The number of likely N-dealkylation sites (N-methyl/N-ethyl adjacent to an activating group) is 2. The van der Waals surface area contributed by atoms with Crippen LogP contribution < -0.4 is 0 Å². The van der Waals surface area contributed by atoms with Gasteiger partial charge >= 0.3 is 0 Å². The number of nitrogens with zero attached hydrogens (tertiary/aromatic N) is 3. The minimum Gasteiger partial charge on any atom is -0.387 e. The Morgan fingerprint density at radius 3 is 2.35 bits per heavy atom. The highest BCUT2D eigenvalue weighted by atomic mass is 16.8. The summed E-state index contributed by atoms with van der Waals surface area (Å²) in [4.78, 5) is 34.6. The van der Waals surface area contributed by atoms with E-state index in [-0.39, 0.29) is 55.4 Å². The molecule has 2 N–H and O–H groups in total. The SMILES string of the molecule is CO[C@]1(C)C[C@H](O[C@H]2[C@H](C)[C@H]3O[C@@H]4O[C@H](C)C[C@H](N(C)C)[C@H]4O[C@@]3(O)C[C@@H](C)CN(C)C(=O)C3C[C@H](OCc4ccccc4)CN3C(=O)[C@@H]2C)O[C@@H](C)[C@@H]1O. The number of carbonyl (C=O) groups is 2. The molecule has 5 saturated heterocycles. The van der Waals surface area contributed by atoms with E-state index in [4.69, 9.17) is 33.2 Å². The van der Waals surface area contributed by atoms with Gasteiger partial charge in [-0.1, -0.05) is 51.1 Å². The van der Waals surface area contributed by atoms with Gasteiger partial charge in [0.05, 0.1) is 42.5 Å². The molecular weight excluding hydrogens is 710 g/mol. The van der Waals surface area contributed by atoms with Crippen LogP contribution in [-0.2, 0) is 49.4 Å².